The molecule has 1 aromatic rings. The molecule has 86 valence electrons. The first-order chi connectivity index (χ1) is 7.51. The number of benzene rings is 1. The largest absolute Gasteiger partial charge is 0.495 e. The SMILES string of the molecule is COC(=O)c1cc(Br)c(OC)c(C(C)=O)c1. The fourth-order valence-corrected chi connectivity index (χ4v) is 1.92. The highest BCUT2D eigenvalue weighted by Gasteiger charge is 2.16. The van der Waals surface area contributed by atoms with Gasteiger partial charge in [0.05, 0.1) is 29.8 Å². The number of hydrogen-bond donors (Lipinski definition) is 0. The molecule has 4 nitrogen and oxygen atoms in total. The monoisotopic (exact) mass is 286 g/mol. The van der Waals surface area contributed by atoms with Crippen LogP contribution < -0.4 is 4.74 Å². The van der Waals surface area contributed by atoms with Crippen LogP contribution in [0, 0.1) is 0 Å². The summed E-state index contributed by atoms with van der Waals surface area (Å²) in [5, 5.41) is 0. The summed E-state index contributed by atoms with van der Waals surface area (Å²) in [4.78, 5) is 22.7. The Balaban J connectivity index is 3.39. The Morgan fingerprint density at radius 1 is 1.25 bits per heavy atom. The maximum Gasteiger partial charge on any atom is 0.337 e. The summed E-state index contributed by atoms with van der Waals surface area (Å²) in [5.41, 5.74) is 0.651. The van der Waals surface area contributed by atoms with Crippen LogP contribution in [0.5, 0.6) is 5.75 Å². The van der Waals surface area contributed by atoms with E-state index in [9.17, 15) is 9.59 Å². The van der Waals surface area contributed by atoms with Crippen molar-refractivity contribution in [1.82, 2.24) is 0 Å². The fourth-order valence-electron chi connectivity index (χ4n) is 1.30. The molecular weight excluding hydrogens is 276 g/mol. The number of halogens is 1. The van der Waals surface area contributed by atoms with E-state index in [4.69, 9.17) is 4.74 Å². The van der Waals surface area contributed by atoms with Gasteiger partial charge in [0.1, 0.15) is 5.75 Å². The molecule has 0 bridgehead atoms. The number of esters is 1. The van der Waals surface area contributed by atoms with Crippen LogP contribution in [0.25, 0.3) is 0 Å². The molecule has 0 saturated heterocycles. The molecule has 1 aromatic carbocycles. The van der Waals surface area contributed by atoms with Gasteiger partial charge in [-0.05, 0) is 35.0 Å². The van der Waals surface area contributed by atoms with E-state index >= 15 is 0 Å². The summed E-state index contributed by atoms with van der Waals surface area (Å²) < 4.78 is 10.2. The molecule has 1 rings (SSSR count). The molecule has 0 amide bonds. The van der Waals surface area contributed by atoms with Crippen LogP contribution in [0.3, 0.4) is 0 Å². The van der Waals surface area contributed by atoms with Gasteiger partial charge in [-0.25, -0.2) is 4.79 Å². The zero-order chi connectivity index (χ0) is 12.3. The van der Waals surface area contributed by atoms with Crippen molar-refractivity contribution in [3.63, 3.8) is 0 Å². The third-order valence-electron chi connectivity index (χ3n) is 2.05. The first kappa shape index (κ1) is 12.7. The standard InChI is InChI=1S/C11H11BrO4/c1-6(13)8-4-7(11(14)16-3)5-9(12)10(8)15-2/h4-5H,1-3H3. The average molecular weight is 287 g/mol. The van der Waals surface area contributed by atoms with Crippen LogP contribution in [-0.2, 0) is 4.74 Å². The lowest BCUT2D eigenvalue weighted by Crippen LogP contribution is -2.06. The summed E-state index contributed by atoms with van der Waals surface area (Å²) in [6.07, 6.45) is 0. The number of ether oxygens (including phenoxy) is 2. The molecule has 0 N–H and O–H groups in total. The molecule has 5 heteroatoms. The molecule has 16 heavy (non-hydrogen) atoms. The first-order valence-corrected chi connectivity index (χ1v) is 5.27. The van der Waals surface area contributed by atoms with E-state index < -0.39 is 5.97 Å². The van der Waals surface area contributed by atoms with Crippen molar-refractivity contribution in [2.45, 2.75) is 6.92 Å². The second kappa shape index (κ2) is 5.12. The van der Waals surface area contributed by atoms with E-state index in [2.05, 4.69) is 20.7 Å². The highest BCUT2D eigenvalue weighted by Crippen LogP contribution is 2.31. The molecule has 0 aromatic heterocycles. The maximum atomic E-state index is 11.4. The van der Waals surface area contributed by atoms with Gasteiger partial charge in [-0.1, -0.05) is 0 Å². The van der Waals surface area contributed by atoms with Gasteiger partial charge in [0.25, 0.3) is 0 Å². The highest BCUT2D eigenvalue weighted by atomic mass is 79.9. The van der Waals surface area contributed by atoms with Crippen LogP contribution >= 0.6 is 15.9 Å². The molecule has 0 aliphatic rings. The number of carbonyl (C=O) groups is 2. The van der Waals surface area contributed by atoms with Crippen LogP contribution in [0.4, 0.5) is 0 Å². The van der Waals surface area contributed by atoms with E-state index in [1.165, 1.54) is 27.2 Å². The Morgan fingerprint density at radius 3 is 2.31 bits per heavy atom. The summed E-state index contributed by atoms with van der Waals surface area (Å²) >= 11 is 3.24. The second-order valence-electron chi connectivity index (χ2n) is 3.09. The van der Waals surface area contributed by atoms with E-state index in [-0.39, 0.29) is 5.78 Å². The van der Waals surface area contributed by atoms with Crippen LogP contribution in [0.15, 0.2) is 16.6 Å². The molecule has 0 spiro atoms. The molecule has 0 aliphatic heterocycles. The lowest BCUT2D eigenvalue weighted by Gasteiger charge is -2.10. The Bertz CT molecular complexity index is 440. The van der Waals surface area contributed by atoms with Crippen molar-refractivity contribution in [1.29, 1.82) is 0 Å². The zero-order valence-corrected chi connectivity index (χ0v) is 10.8. The van der Waals surface area contributed by atoms with Crippen molar-refractivity contribution in [2.24, 2.45) is 0 Å². The molecule has 0 atom stereocenters. The normalized spacial score (nSPS) is 9.75. The maximum absolute atomic E-state index is 11.4. The number of carbonyl (C=O) groups excluding carboxylic acids is 2. The topological polar surface area (TPSA) is 52.6 Å². The minimum absolute atomic E-state index is 0.177. The third-order valence-corrected chi connectivity index (χ3v) is 2.64. The Morgan fingerprint density at radius 2 is 1.88 bits per heavy atom. The quantitative estimate of drug-likeness (QED) is 0.633. The van der Waals surface area contributed by atoms with Gasteiger partial charge in [0.2, 0.25) is 0 Å². The highest BCUT2D eigenvalue weighted by molar-refractivity contribution is 9.10. The van der Waals surface area contributed by atoms with Crippen molar-refractivity contribution in [3.05, 3.63) is 27.7 Å². The Kier molecular flexibility index (Phi) is 4.06. The summed E-state index contributed by atoms with van der Waals surface area (Å²) in [5.74, 6) is -0.255. The first-order valence-electron chi connectivity index (χ1n) is 4.48. The minimum Gasteiger partial charge on any atom is -0.495 e. The van der Waals surface area contributed by atoms with Gasteiger partial charge in [-0.15, -0.1) is 0 Å². The van der Waals surface area contributed by atoms with E-state index in [0.717, 1.165) is 0 Å². The third kappa shape index (κ3) is 2.41. The smallest absolute Gasteiger partial charge is 0.337 e. The van der Waals surface area contributed by atoms with E-state index in [1.54, 1.807) is 6.07 Å². The Labute approximate surface area is 102 Å². The summed E-state index contributed by atoms with van der Waals surface area (Å²) in [6, 6.07) is 3.01. The van der Waals surface area contributed by atoms with Crippen molar-refractivity contribution in [2.75, 3.05) is 14.2 Å². The van der Waals surface area contributed by atoms with Gasteiger partial charge >= 0.3 is 5.97 Å². The number of Topliss-reactive ketones (excluding diaryl/α,β-unsaturated/α-hetero) is 1. The van der Waals surface area contributed by atoms with Crippen LogP contribution in [0.2, 0.25) is 0 Å². The summed E-state index contributed by atoms with van der Waals surface area (Å²) in [6.45, 7) is 1.41. The van der Waals surface area contributed by atoms with Crippen molar-refractivity contribution in [3.8, 4) is 5.75 Å². The molecule has 0 fully saturated rings. The molecule has 0 radical (unpaired) electrons. The molecule has 0 heterocycles. The summed E-state index contributed by atoms with van der Waals surface area (Å²) in [7, 11) is 2.75. The molecular formula is C11H11BrO4. The van der Waals surface area contributed by atoms with Crippen molar-refractivity contribution >= 4 is 27.7 Å². The van der Waals surface area contributed by atoms with Gasteiger partial charge in [0, 0.05) is 0 Å². The molecule has 0 aliphatic carbocycles. The lowest BCUT2D eigenvalue weighted by atomic mass is 10.1. The van der Waals surface area contributed by atoms with Gasteiger partial charge in [-0.3, -0.25) is 4.79 Å². The predicted octanol–water partition coefficient (Wildman–Crippen LogP) is 2.45. The number of methoxy groups -OCH3 is 2. The van der Waals surface area contributed by atoms with E-state index in [1.807, 2.05) is 0 Å². The number of ketones is 1. The fraction of sp³-hybridized carbons (Fsp3) is 0.273. The molecule has 0 saturated carbocycles. The number of hydrogen-bond acceptors (Lipinski definition) is 4. The van der Waals surface area contributed by atoms with E-state index in [0.29, 0.717) is 21.3 Å². The van der Waals surface area contributed by atoms with Crippen LogP contribution in [0.1, 0.15) is 27.6 Å². The number of rotatable bonds is 3. The molecule has 0 unspecified atom stereocenters. The van der Waals surface area contributed by atoms with Gasteiger partial charge < -0.3 is 9.47 Å². The lowest BCUT2D eigenvalue weighted by molar-refractivity contribution is 0.0600. The average Bonchev–Trinajstić information content (AvgIpc) is 2.26. The van der Waals surface area contributed by atoms with Crippen LogP contribution in [-0.4, -0.2) is 26.0 Å². The van der Waals surface area contributed by atoms with Gasteiger partial charge in [-0.2, -0.15) is 0 Å². The Hall–Kier alpha value is -1.36. The van der Waals surface area contributed by atoms with Crippen molar-refractivity contribution < 1.29 is 19.1 Å². The zero-order valence-electron chi connectivity index (χ0n) is 9.17. The van der Waals surface area contributed by atoms with Gasteiger partial charge in [0.15, 0.2) is 5.78 Å². The predicted molar refractivity (Wildman–Crippen MR) is 62.0 cm³/mol. The second-order valence-corrected chi connectivity index (χ2v) is 3.94. The minimum atomic E-state index is -0.495.